The molecule has 0 bridgehead atoms. The van der Waals surface area contributed by atoms with E-state index in [1.165, 1.54) is 64.2 Å². The highest BCUT2D eigenvalue weighted by Crippen LogP contribution is 2.16. The summed E-state index contributed by atoms with van der Waals surface area (Å²) >= 11 is 0. The fourth-order valence-corrected chi connectivity index (χ4v) is 2.52. The third kappa shape index (κ3) is 6.83. The van der Waals surface area contributed by atoms with Crippen LogP contribution in [-0.2, 0) is 4.79 Å². The zero-order valence-electron chi connectivity index (χ0n) is 11.9. The SMILES string of the molecule is CCCCCCCCCCCCC1C=CNC1=O. The summed E-state index contributed by atoms with van der Waals surface area (Å²) < 4.78 is 0. The molecule has 1 unspecified atom stereocenters. The van der Waals surface area contributed by atoms with E-state index in [2.05, 4.69) is 12.2 Å². The van der Waals surface area contributed by atoms with Gasteiger partial charge in [-0.3, -0.25) is 4.79 Å². The summed E-state index contributed by atoms with van der Waals surface area (Å²) in [7, 11) is 0. The third-order valence-electron chi connectivity index (χ3n) is 3.76. The van der Waals surface area contributed by atoms with Crippen LogP contribution in [0.15, 0.2) is 12.3 Å². The van der Waals surface area contributed by atoms with E-state index < -0.39 is 0 Å². The predicted molar refractivity (Wildman–Crippen MR) is 77.2 cm³/mol. The van der Waals surface area contributed by atoms with E-state index in [4.69, 9.17) is 0 Å². The average molecular weight is 251 g/mol. The standard InChI is InChI=1S/C16H29NO/c1-2-3-4-5-6-7-8-9-10-11-12-15-13-14-17-16(15)18/h13-15H,2-12H2,1H3,(H,17,18). The number of unbranched alkanes of at least 4 members (excludes halogenated alkanes) is 9. The first-order chi connectivity index (χ1) is 8.84. The van der Waals surface area contributed by atoms with Gasteiger partial charge < -0.3 is 5.32 Å². The third-order valence-corrected chi connectivity index (χ3v) is 3.76. The number of rotatable bonds is 11. The number of hydrogen-bond donors (Lipinski definition) is 1. The van der Waals surface area contributed by atoms with Crippen molar-refractivity contribution in [2.45, 2.75) is 77.6 Å². The van der Waals surface area contributed by atoms with Crippen LogP contribution in [0, 0.1) is 5.92 Å². The molecule has 0 aliphatic carbocycles. The van der Waals surface area contributed by atoms with Gasteiger partial charge in [0.1, 0.15) is 0 Å². The largest absolute Gasteiger partial charge is 0.332 e. The van der Waals surface area contributed by atoms with Gasteiger partial charge in [-0.25, -0.2) is 0 Å². The predicted octanol–water partition coefficient (Wildman–Crippen LogP) is 4.56. The lowest BCUT2D eigenvalue weighted by molar-refractivity contribution is -0.122. The summed E-state index contributed by atoms with van der Waals surface area (Å²) in [6.45, 7) is 2.26. The Morgan fingerprint density at radius 2 is 1.50 bits per heavy atom. The molecule has 1 aliphatic heterocycles. The van der Waals surface area contributed by atoms with E-state index >= 15 is 0 Å². The Bertz CT molecular complexity index is 247. The molecule has 1 atom stereocenters. The molecule has 1 aliphatic rings. The van der Waals surface area contributed by atoms with E-state index in [1.54, 1.807) is 6.20 Å². The van der Waals surface area contributed by atoms with Gasteiger partial charge in [-0.05, 0) is 6.42 Å². The molecule has 1 amide bonds. The first-order valence-electron chi connectivity index (χ1n) is 7.81. The van der Waals surface area contributed by atoms with Gasteiger partial charge in [0, 0.05) is 6.20 Å². The maximum atomic E-state index is 11.3. The molecule has 18 heavy (non-hydrogen) atoms. The second kappa shape index (κ2) is 10.2. The Morgan fingerprint density at radius 1 is 0.944 bits per heavy atom. The smallest absolute Gasteiger partial charge is 0.230 e. The summed E-state index contributed by atoms with van der Waals surface area (Å²) in [6, 6.07) is 0. The molecule has 0 saturated carbocycles. The van der Waals surface area contributed by atoms with E-state index in [9.17, 15) is 4.79 Å². The molecule has 0 radical (unpaired) electrons. The molecule has 0 aromatic heterocycles. The summed E-state index contributed by atoms with van der Waals surface area (Å²) in [4.78, 5) is 11.3. The monoisotopic (exact) mass is 251 g/mol. The van der Waals surface area contributed by atoms with Crippen molar-refractivity contribution in [3.63, 3.8) is 0 Å². The van der Waals surface area contributed by atoms with Crippen molar-refractivity contribution < 1.29 is 4.79 Å². The maximum Gasteiger partial charge on any atom is 0.230 e. The Hall–Kier alpha value is -0.790. The van der Waals surface area contributed by atoms with E-state index in [0.29, 0.717) is 0 Å². The van der Waals surface area contributed by atoms with Gasteiger partial charge in [0.25, 0.3) is 0 Å². The van der Waals surface area contributed by atoms with Crippen LogP contribution in [0.2, 0.25) is 0 Å². The van der Waals surface area contributed by atoms with Crippen LogP contribution in [0.5, 0.6) is 0 Å². The minimum absolute atomic E-state index is 0.152. The number of carbonyl (C=O) groups excluding carboxylic acids is 1. The molecule has 1 N–H and O–H groups in total. The fourth-order valence-electron chi connectivity index (χ4n) is 2.52. The number of hydrogen-bond acceptors (Lipinski definition) is 1. The molecule has 1 rings (SSSR count). The van der Waals surface area contributed by atoms with E-state index in [-0.39, 0.29) is 11.8 Å². The van der Waals surface area contributed by atoms with Crippen LogP contribution in [0.3, 0.4) is 0 Å². The molecule has 0 aromatic rings. The minimum Gasteiger partial charge on any atom is -0.332 e. The molecule has 2 nitrogen and oxygen atoms in total. The van der Waals surface area contributed by atoms with Gasteiger partial charge in [0.2, 0.25) is 5.91 Å². The topological polar surface area (TPSA) is 29.1 Å². The van der Waals surface area contributed by atoms with Crippen molar-refractivity contribution in [3.8, 4) is 0 Å². The Balaban J connectivity index is 1.79. The molecule has 2 heteroatoms. The lowest BCUT2D eigenvalue weighted by atomic mass is 10.0. The van der Waals surface area contributed by atoms with Crippen LogP contribution < -0.4 is 5.32 Å². The van der Waals surface area contributed by atoms with E-state index in [0.717, 1.165) is 6.42 Å². The van der Waals surface area contributed by atoms with Crippen molar-refractivity contribution in [2.24, 2.45) is 5.92 Å². The van der Waals surface area contributed by atoms with Gasteiger partial charge in [-0.1, -0.05) is 77.2 Å². The van der Waals surface area contributed by atoms with Crippen LogP contribution in [0.4, 0.5) is 0 Å². The van der Waals surface area contributed by atoms with Crippen LogP contribution in [0.25, 0.3) is 0 Å². The van der Waals surface area contributed by atoms with Crippen LogP contribution in [0.1, 0.15) is 77.6 Å². The summed E-state index contributed by atoms with van der Waals surface area (Å²) in [6.07, 6.45) is 18.4. The fraction of sp³-hybridized carbons (Fsp3) is 0.812. The van der Waals surface area contributed by atoms with Crippen molar-refractivity contribution in [2.75, 3.05) is 0 Å². The highest BCUT2D eigenvalue weighted by molar-refractivity contribution is 5.83. The Kier molecular flexibility index (Phi) is 8.62. The molecular weight excluding hydrogens is 222 g/mol. The quantitative estimate of drug-likeness (QED) is 0.536. The first kappa shape index (κ1) is 15.3. The number of nitrogens with one attached hydrogen (secondary N) is 1. The van der Waals surface area contributed by atoms with Gasteiger partial charge in [-0.15, -0.1) is 0 Å². The molecule has 0 saturated heterocycles. The molecule has 1 heterocycles. The molecule has 0 spiro atoms. The van der Waals surface area contributed by atoms with Gasteiger partial charge in [0.05, 0.1) is 5.92 Å². The highest BCUT2D eigenvalue weighted by Gasteiger charge is 2.17. The molecule has 0 aromatic carbocycles. The summed E-state index contributed by atoms with van der Waals surface area (Å²) in [5.74, 6) is 0.338. The van der Waals surface area contributed by atoms with E-state index in [1.807, 2.05) is 6.08 Å². The summed E-state index contributed by atoms with van der Waals surface area (Å²) in [5, 5.41) is 2.74. The highest BCUT2D eigenvalue weighted by atomic mass is 16.2. The van der Waals surface area contributed by atoms with Crippen molar-refractivity contribution in [1.29, 1.82) is 0 Å². The van der Waals surface area contributed by atoms with Crippen LogP contribution >= 0.6 is 0 Å². The van der Waals surface area contributed by atoms with Crippen molar-refractivity contribution >= 4 is 5.91 Å². The van der Waals surface area contributed by atoms with Crippen molar-refractivity contribution in [1.82, 2.24) is 5.32 Å². The minimum atomic E-state index is 0.152. The summed E-state index contributed by atoms with van der Waals surface area (Å²) in [5.41, 5.74) is 0. The van der Waals surface area contributed by atoms with Gasteiger partial charge in [0.15, 0.2) is 0 Å². The second-order valence-corrected chi connectivity index (χ2v) is 5.44. The zero-order valence-corrected chi connectivity index (χ0v) is 11.9. The van der Waals surface area contributed by atoms with Crippen molar-refractivity contribution in [3.05, 3.63) is 12.3 Å². The normalized spacial score (nSPS) is 18.3. The Morgan fingerprint density at radius 3 is 2.00 bits per heavy atom. The van der Waals surface area contributed by atoms with Crippen LogP contribution in [-0.4, -0.2) is 5.91 Å². The maximum absolute atomic E-state index is 11.3. The lowest BCUT2D eigenvalue weighted by Gasteiger charge is -2.05. The number of amides is 1. The molecule has 0 fully saturated rings. The second-order valence-electron chi connectivity index (χ2n) is 5.44. The molecular formula is C16H29NO. The zero-order chi connectivity index (χ0) is 13.1. The number of carbonyl (C=O) groups is 1. The van der Waals surface area contributed by atoms with Gasteiger partial charge in [-0.2, -0.15) is 0 Å². The first-order valence-corrected chi connectivity index (χ1v) is 7.81. The van der Waals surface area contributed by atoms with Gasteiger partial charge >= 0.3 is 0 Å². The Labute approximate surface area is 112 Å². The molecule has 104 valence electrons. The lowest BCUT2D eigenvalue weighted by Crippen LogP contribution is -2.18. The average Bonchev–Trinajstić information content (AvgIpc) is 2.77.